The highest BCUT2D eigenvalue weighted by Crippen LogP contribution is 2.70. The van der Waals surface area contributed by atoms with Gasteiger partial charge in [-0.2, -0.15) is 0 Å². The van der Waals surface area contributed by atoms with E-state index in [1.54, 1.807) is 13.0 Å². The van der Waals surface area contributed by atoms with Crippen molar-refractivity contribution in [2.45, 2.75) is 113 Å². The van der Waals surface area contributed by atoms with Crippen molar-refractivity contribution in [2.24, 2.45) is 34.5 Å². The number of aldehydes is 1. The molecule has 3 heterocycles. The first-order chi connectivity index (χ1) is 18.5. The van der Waals surface area contributed by atoms with Crippen LogP contribution in [0, 0.1) is 34.5 Å². The van der Waals surface area contributed by atoms with Gasteiger partial charge in [0, 0.05) is 16.9 Å². The van der Waals surface area contributed by atoms with Crippen LogP contribution in [-0.4, -0.2) is 87.5 Å². The van der Waals surface area contributed by atoms with E-state index in [9.17, 15) is 30.0 Å². The molecule has 6 fully saturated rings. The molecule has 0 amide bonds. The smallest absolute Gasteiger partial charge is 0.331 e. The van der Waals surface area contributed by atoms with Gasteiger partial charge in [-0.1, -0.05) is 6.92 Å². The van der Waals surface area contributed by atoms with Crippen molar-refractivity contribution >= 4 is 12.3 Å². The molecule has 0 aromatic rings. The lowest BCUT2D eigenvalue weighted by atomic mass is 9.42. The molecule has 0 bridgehead atoms. The Morgan fingerprint density at radius 3 is 2.54 bits per heavy atom. The fourth-order valence-electron chi connectivity index (χ4n) is 10.2. The molecule has 0 aromatic carbocycles. The second kappa shape index (κ2) is 8.56. The molecule has 0 radical (unpaired) electrons. The first-order valence-corrected chi connectivity index (χ1v) is 14.6. The summed E-state index contributed by atoms with van der Waals surface area (Å²) in [6, 6.07) is 0. The zero-order chi connectivity index (χ0) is 27.5. The third-order valence-corrected chi connectivity index (χ3v) is 12.3. The van der Waals surface area contributed by atoms with E-state index < -0.39 is 59.0 Å². The Kier molecular flexibility index (Phi) is 5.82. The van der Waals surface area contributed by atoms with Crippen molar-refractivity contribution in [2.75, 3.05) is 6.61 Å². The molecular weight excluding hydrogens is 508 g/mol. The Morgan fingerprint density at radius 1 is 1.03 bits per heavy atom. The number of aliphatic hydroxyl groups excluding tert-OH is 2. The van der Waals surface area contributed by atoms with E-state index in [1.165, 1.54) is 0 Å². The second-order valence-corrected chi connectivity index (χ2v) is 13.6. The lowest BCUT2D eigenvalue weighted by Gasteiger charge is -2.64. The zero-order valence-electron chi connectivity index (χ0n) is 22.5. The van der Waals surface area contributed by atoms with Crippen molar-refractivity contribution in [3.63, 3.8) is 0 Å². The lowest BCUT2D eigenvalue weighted by Crippen LogP contribution is -2.73. The zero-order valence-corrected chi connectivity index (χ0v) is 22.5. The second-order valence-electron chi connectivity index (χ2n) is 13.6. The number of esters is 1. The van der Waals surface area contributed by atoms with Gasteiger partial charge in [-0.3, -0.25) is 0 Å². The van der Waals surface area contributed by atoms with E-state index in [4.69, 9.17) is 18.9 Å². The van der Waals surface area contributed by atoms with Crippen LogP contribution in [0.25, 0.3) is 0 Å². The van der Waals surface area contributed by atoms with E-state index >= 15 is 0 Å². The summed E-state index contributed by atoms with van der Waals surface area (Å²) in [4.78, 5) is 25.0. The minimum atomic E-state index is -2.24. The number of hydrogen-bond donors (Lipinski definition) is 4. The molecule has 39 heavy (non-hydrogen) atoms. The number of rotatable bonds is 2. The standard InChI is InChI=1S/C29H40O10/c1-14-23(32)24(33)29(35)25(37-14)38-20-10-16-3-4-19-18(27(16,13-30)11-21(20)39-29)5-7-26(2)17(6-8-28(19,26)34)15-9-22(31)36-12-15/h9,13-14,16-21,23-25,32-35H,3-8,10-12H2,1-2H3/t14-,16-,17-,18-,19-,20-,21-,23-,24-,25+,26-,27-,28+,29+/m1/s1. The summed E-state index contributed by atoms with van der Waals surface area (Å²) in [7, 11) is 0. The number of ether oxygens (including phenoxy) is 4. The summed E-state index contributed by atoms with van der Waals surface area (Å²) < 4.78 is 23.2. The topological polar surface area (TPSA) is 152 Å². The quantitative estimate of drug-likeness (QED) is 0.223. The maximum Gasteiger partial charge on any atom is 0.331 e. The molecule has 3 aliphatic heterocycles. The molecule has 10 heteroatoms. The molecule has 216 valence electrons. The fourth-order valence-corrected chi connectivity index (χ4v) is 10.2. The fraction of sp³-hybridized carbons (Fsp3) is 0.862. The van der Waals surface area contributed by atoms with Crippen molar-refractivity contribution < 1.29 is 49.0 Å². The van der Waals surface area contributed by atoms with Crippen LogP contribution >= 0.6 is 0 Å². The average Bonchev–Trinajstić information content (AvgIpc) is 3.45. The average molecular weight is 549 g/mol. The summed E-state index contributed by atoms with van der Waals surface area (Å²) in [6.45, 7) is 4.04. The minimum absolute atomic E-state index is 0.0394. The van der Waals surface area contributed by atoms with Crippen LogP contribution in [0.3, 0.4) is 0 Å². The van der Waals surface area contributed by atoms with E-state index in [1.807, 2.05) is 0 Å². The molecule has 0 aromatic heterocycles. The SMILES string of the molecule is C[C@H]1O[C@H]2O[C@@H]3C[C@H]4CC[C@@H]5[C@@H](CC[C@]6(C)[C@@H](C7=CC(=O)OC7)CC[C@]56O)[C@@]4(C=O)C[C@H]3O[C@@]2(O)[C@H](O)[C@@H]1O. The highest BCUT2D eigenvalue weighted by molar-refractivity contribution is 5.85. The summed E-state index contributed by atoms with van der Waals surface area (Å²) in [5.74, 6) is -2.59. The first kappa shape index (κ1) is 26.5. The van der Waals surface area contributed by atoms with Crippen LogP contribution in [0.5, 0.6) is 0 Å². The van der Waals surface area contributed by atoms with E-state index in [-0.39, 0.29) is 36.2 Å². The lowest BCUT2D eigenvalue weighted by molar-refractivity contribution is -0.468. The number of hydrogen-bond acceptors (Lipinski definition) is 10. The van der Waals surface area contributed by atoms with Gasteiger partial charge in [0.25, 0.3) is 0 Å². The molecular formula is C29H40O10. The van der Waals surface area contributed by atoms with Crippen molar-refractivity contribution in [3.05, 3.63) is 11.6 Å². The van der Waals surface area contributed by atoms with Crippen LogP contribution in [-0.2, 0) is 28.5 Å². The van der Waals surface area contributed by atoms with Crippen molar-refractivity contribution in [3.8, 4) is 0 Å². The number of carbonyl (C=O) groups is 2. The Balaban J connectivity index is 1.18. The highest BCUT2D eigenvalue weighted by Gasteiger charge is 2.71. The van der Waals surface area contributed by atoms with Gasteiger partial charge in [-0.05, 0) is 87.5 Å². The Morgan fingerprint density at radius 2 is 1.82 bits per heavy atom. The van der Waals surface area contributed by atoms with Crippen molar-refractivity contribution in [1.29, 1.82) is 0 Å². The predicted molar refractivity (Wildman–Crippen MR) is 133 cm³/mol. The molecule has 2 saturated heterocycles. The summed E-state index contributed by atoms with van der Waals surface area (Å²) >= 11 is 0. The van der Waals surface area contributed by atoms with Gasteiger partial charge in [0.2, 0.25) is 12.1 Å². The van der Waals surface area contributed by atoms with E-state index in [0.29, 0.717) is 19.3 Å². The highest BCUT2D eigenvalue weighted by atomic mass is 16.8. The maximum absolute atomic E-state index is 13.1. The van der Waals surface area contributed by atoms with Gasteiger partial charge in [-0.15, -0.1) is 0 Å². The Bertz CT molecular complexity index is 1090. The molecule has 14 atom stereocenters. The molecule has 4 N–H and O–H groups in total. The largest absolute Gasteiger partial charge is 0.458 e. The molecule has 0 unspecified atom stereocenters. The number of carbonyl (C=O) groups excluding carboxylic acids is 2. The molecule has 4 aliphatic carbocycles. The van der Waals surface area contributed by atoms with Gasteiger partial charge in [0.15, 0.2) is 0 Å². The van der Waals surface area contributed by atoms with E-state index in [0.717, 1.165) is 44.0 Å². The third kappa shape index (κ3) is 3.34. The van der Waals surface area contributed by atoms with E-state index in [2.05, 4.69) is 6.92 Å². The normalized spacial score (nSPS) is 58.2. The predicted octanol–water partition coefficient (Wildman–Crippen LogP) is 0.972. The van der Waals surface area contributed by atoms with Crippen LogP contribution < -0.4 is 0 Å². The van der Waals surface area contributed by atoms with Gasteiger partial charge in [0.1, 0.15) is 25.1 Å². The van der Waals surface area contributed by atoms with Gasteiger partial charge in [0.05, 0.1) is 23.9 Å². The molecule has 0 spiro atoms. The van der Waals surface area contributed by atoms with Gasteiger partial charge < -0.3 is 44.2 Å². The van der Waals surface area contributed by atoms with Crippen molar-refractivity contribution in [1.82, 2.24) is 0 Å². The molecule has 7 rings (SSSR count). The van der Waals surface area contributed by atoms with Crippen LogP contribution in [0.1, 0.15) is 65.2 Å². The third-order valence-electron chi connectivity index (χ3n) is 12.3. The Labute approximate surface area is 227 Å². The van der Waals surface area contributed by atoms with Gasteiger partial charge >= 0.3 is 5.97 Å². The number of aliphatic hydroxyl groups is 4. The molecule has 10 nitrogen and oxygen atoms in total. The minimum Gasteiger partial charge on any atom is -0.458 e. The summed E-state index contributed by atoms with van der Waals surface area (Å²) in [5.41, 5.74) is -1.17. The molecule has 4 saturated carbocycles. The van der Waals surface area contributed by atoms with Crippen LogP contribution in [0.4, 0.5) is 0 Å². The molecule has 7 aliphatic rings. The van der Waals surface area contributed by atoms with Gasteiger partial charge in [-0.25, -0.2) is 4.79 Å². The number of fused-ring (bicyclic) bond motifs is 7. The van der Waals surface area contributed by atoms with Crippen LogP contribution in [0.2, 0.25) is 0 Å². The maximum atomic E-state index is 13.1. The van der Waals surface area contributed by atoms with Crippen LogP contribution in [0.15, 0.2) is 11.6 Å². The Hall–Kier alpha value is -1.40. The summed E-state index contributed by atoms with van der Waals surface area (Å²) in [6.07, 6.45) is 1.98. The summed E-state index contributed by atoms with van der Waals surface area (Å²) in [5, 5.41) is 44.8. The first-order valence-electron chi connectivity index (χ1n) is 14.6. The monoisotopic (exact) mass is 548 g/mol. The number of cyclic esters (lactones) is 1.